The summed E-state index contributed by atoms with van der Waals surface area (Å²) in [7, 11) is -0.595. The van der Waals surface area contributed by atoms with Gasteiger partial charge in [-0.2, -0.15) is 11.8 Å². The third-order valence-electron chi connectivity index (χ3n) is 1.75. The van der Waals surface area contributed by atoms with Gasteiger partial charge in [0.15, 0.2) is 0 Å². The summed E-state index contributed by atoms with van der Waals surface area (Å²) in [6.07, 6.45) is 7.49. The summed E-state index contributed by atoms with van der Waals surface area (Å²) in [5.41, 5.74) is 0. The molecule has 0 saturated carbocycles. The minimum Gasteiger partial charge on any atom is -0.260 e. The molecule has 0 aromatic rings. The van der Waals surface area contributed by atoms with Gasteiger partial charge in [-0.25, -0.2) is 0 Å². The first-order valence-electron chi connectivity index (χ1n) is 4.03. The maximum absolute atomic E-state index is 10.7. The molecule has 0 heterocycles. The molecule has 0 spiro atoms. The third-order valence-corrected chi connectivity index (χ3v) is 3.85. The molecule has 0 aromatic heterocycles. The van der Waals surface area contributed by atoms with Crippen LogP contribution in [0.3, 0.4) is 0 Å². The molecule has 0 radical (unpaired) electrons. The molecule has 3 heteroatoms. The van der Waals surface area contributed by atoms with Gasteiger partial charge in [0.25, 0.3) is 0 Å². The molecule has 0 rings (SSSR count). The van der Waals surface area contributed by atoms with Crippen molar-refractivity contribution in [2.45, 2.75) is 31.4 Å². The van der Waals surface area contributed by atoms with Gasteiger partial charge in [0.05, 0.1) is 0 Å². The van der Waals surface area contributed by atoms with E-state index in [1.807, 2.05) is 11.8 Å². The SMILES string of the molecule is CCC(CCCS(C)=O)SC. The van der Waals surface area contributed by atoms with E-state index in [1.165, 1.54) is 12.8 Å². The molecule has 0 aliphatic rings. The van der Waals surface area contributed by atoms with E-state index in [1.54, 1.807) is 6.26 Å². The van der Waals surface area contributed by atoms with Crippen molar-refractivity contribution >= 4 is 22.6 Å². The molecule has 0 saturated heterocycles. The van der Waals surface area contributed by atoms with E-state index in [4.69, 9.17) is 0 Å². The molecule has 11 heavy (non-hydrogen) atoms. The van der Waals surface area contributed by atoms with Gasteiger partial charge in [-0.15, -0.1) is 0 Å². The Bertz CT molecular complexity index is 111. The lowest BCUT2D eigenvalue weighted by Crippen LogP contribution is -2.03. The fraction of sp³-hybridized carbons (Fsp3) is 1.00. The van der Waals surface area contributed by atoms with Crippen LogP contribution >= 0.6 is 11.8 Å². The average Bonchev–Trinajstić information content (AvgIpc) is 1.98. The molecule has 0 aromatic carbocycles. The van der Waals surface area contributed by atoms with E-state index in [0.717, 1.165) is 17.4 Å². The zero-order valence-electron chi connectivity index (χ0n) is 7.63. The van der Waals surface area contributed by atoms with E-state index < -0.39 is 10.8 Å². The van der Waals surface area contributed by atoms with Crippen LogP contribution in [0.5, 0.6) is 0 Å². The van der Waals surface area contributed by atoms with Gasteiger partial charge in [0, 0.05) is 28.1 Å². The highest BCUT2D eigenvalue weighted by Gasteiger charge is 2.03. The van der Waals surface area contributed by atoms with E-state index in [2.05, 4.69) is 13.2 Å². The Morgan fingerprint density at radius 2 is 2.18 bits per heavy atom. The summed E-state index contributed by atoms with van der Waals surface area (Å²) in [6, 6.07) is 0. The molecular weight excluding hydrogens is 176 g/mol. The lowest BCUT2D eigenvalue weighted by atomic mass is 10.2. The quantitative estimate of drug-likeness (QED) is 0.645. The highest BCUT2D eigenvalue weighted by Crippen LogP contribution is 2.16. The summed E-state index contributed by atoms with van der Waals surface area (Å²) >= 11 is 1.92. The number of hydrogen-bond donors (Lipinski definition) is 0. The largest absolute Gasteiger partial charge is 0.260 e. The van der Waals surface area contributed by atoms with Crippen molar-refractivity contribution in [3.8, 4) is 0 Å². The van der Waals surface area contributed by atoms with E-state index in [9.17, 15) is 4.21 Å². The molecule has 0 aliphatic heterocycles. The normalized spacial score (nSPS) is 16.3. The molecular formula is C8H18OS2. The highest BCUT2D eigenvalue weighted by atomic mass is 32.2. The van der Waals surface area contributed by atoms with Crippen LogP contribution in [0.1, 0.15) is 26.2 Å². The molecule has 0 aliphatic carbocycles. The Morgan fingerprint density at radius 1 is 1.55 bits per heavy atom. The maximum atomic E-state index is 10.7. The molecule has 2 atom stereocenters. The highest BCUT2D eigenvalue weighted by molar-refractivity contribution is 7.99. The topological polar surface area (TPSA) is 17.1 Å². The summed E-state index contributed by atoms with van der Waals surface area (Å²) in [6.45, 7) is 2.21. The molecule has 68 valence electrons. The first kappa shape index (κ1) is 11.5. The lowest BCUT2D eigenvalue weighted by molar-refractivity contribution is 0.676. The predicted octanol–water partition coefficient (Wildman–Crippen LogP) is 2.29. The second kappa shape index (κ2) is 7.17. The van der Waals surface area contributed by atoms with Gasteiger partial charge in [-0.05, 0) is 25.5 Å². The van der Waals surface area contributed by atoms with Crippen LogP contribution in [-0.2, 0) is 10.8 Å². The first-order valence-corrected chi connectivity index (χ1v) is 7.05. The van der Waals surface area contributed by atoms with Gasteiger partial charge < -0.3 is 0 Å². The summed E-state index contributed by atoms with van der Waals surface area (Å²) in [4.78, 5) is 0. The fourth-order valence-corrected chi connectivity index (χ4v) is 2.31. The second-order valence-electron chi connectivity index (χ2n) is 2.69. The van der Waals surface area contributed by atoms with Crippen LogP contribution < -0.4 is 0 Å². The van der Waals surface area contributed by atoms with Crippen molar-refractivity contribution in [1.82, 2.24) is 0 Å². The Labute approximate surface area is 76.8 Å². The molecule has 0 bridgehead atoms. The molecule has 1 nitrogen and oxygen atoms in total. The second-order valence-corrected chi connectivity index (χ2v) is 5.38. The number of rotatable bonds is 6. The summed E-state index contributed by atoms with van der Waals surface area (Å²) < 4.78 is 10.7. The van der Waals surface area contributed by atoms with E-state index in [-0.39, 0.29) is 0 Å². The van der Waals surface area contributed by atoms with Crippen molar-refractivity contribution in [3.63, 3.8) is 0 Å². The molecule has 0 N–H and O–H groups in total. The molecule has 0 fully saturated rings. The van der Waals surface area contributed by atoms with Gasteiger partial charge in [-0.1, -0.05) is 6.92 Å². The van der Waals surface area contributed by atoms with Crippen molar-refractivity contribution in [2.75, 3.05) is 18.3 Å². The zero-order valence-corrected chi connectivity index (χ0v) is 9.26. The fourth-order valence-electron chi connectivity index (χ4n) is 1.00. The Hall–Kier alpha value is 0.500. The third kappa shape index (κ3) is 6.88. The van der Waals surface area contributed by atoms with Crippen LogP contribution in [0.4, 0.5) is 0 Å². The van der Waals surface area contributed by atoms with E-state index in [0.29, 0.717) is 0 Å². The minimum absolute atomic E-state index is 0.595. The Kier molecular flexibility index (Phi) is 7.49. The molecule has 2 unspecified atom stereocenters. The number of thioether (sulfide) groups is 1. The summed E-state index contributed by atoms with van der Waals surface area (Å²) in [5.74, 6) is 0.872. The van der Waals surface area contributed by atoms with Gasteiger partial charge >= 0.3 is 0 Å². The van der Waals surface area contributed by atoms with Crippen molar-refractivity contribution in [2.24, 2.45) is 0 Å². The van der Waals surface area contributed by atoms with Crippen LogP contribution in [-0.4, -0.2) is 27.7 Å². The first-order chi connectivity index (χ1) is 5.20. The van der Waals surface area contributed by atoms with Crippen molar-refractivity contribution < 1.29 is 4.21 Å². The van der Waals surface area contributed by atoms with Gasteiger partial charge in [0.1, 0.15) is 0 Å². The van der Waals surface area contributed by atoms with Crippen LogP contribution in [0.2, 0.25) is 0 Å². The Morgan fingerprint density at radius 3 is 2.55 bits per heavy atom. The number of hydrogen-bond acceptors (Lipinski definition) is 2. The monoisotopic (exact) mass is 194 g/mol. The van der Waals surface area contributed by atoms with Gasteiger partial charge in [0.2, 0.25) is 0 Å². The lowest BCUT2D eigenvalue weighted by Gasteiger charge is -2.09. The molecule has 0 amide bonds. The predicted molar refractivity (Wildman–Crippen MR) is 55.8 cm³/mol. The van der Waals surface area contributed by atoms with Crippen molar-refractivity contribution in [3.05, 3.63) is 0 Å². The Balaban J connectivity index is 3.28. The van der Waals surface area contributed by atoms with Gasteiger partial charge in [-0.3, -0.25) is 4.21 Å². The zero-order chi connectivity index (χ0) is 8.69. The van der Waals surface area contributed by atoms with Crippen LogP contribution in [0.15, 0.2) is 0 Å². The van der Waals surface area contributed by atoms with Crippen molar-refractivity contribution in [1.29, 1.82) is 0 Å². The smallest absolute Gasteiger partial charge is 0.0232 e. The average molecular weight is 194 g/mol. The maximum Gasteiger partial charge on any atom is 0.0232 e. The summed E-state index contributed by atoms with van der Waals surface area (Å²) in [5, 5.41) is 0.776. The minimum atomic E-state index is -0.595. The van der Waals surface area contributed by atoms with Crippen LogP contribution in [0.25, 0.3) is 0 Å². The van der Waals surface area contributed by atoms with Crippen LogP contribution in [0, 0.1) is 0 Å². The van der Waals surface area contributed by atoms with E-state index >= 15 is 0 Å². The standard InChI is InChI=1S/C8H18OS2/c1-4-8(10-2)6-5-7-11(3)9/h8H,4-7H2,1-3H3.